The van der Waals surface area contributed by atoms with Crippen molar-refractivity contribution >= 4 is 45.6 Å². The van der Waals surface area contributed by atoms with Crippen LogP contribution in [0.5, 0.6) is 0 Å². The van der Waals surface area contributed by atoms with Gasteiger partial charge >= 0.3 is 23.9 Å². The standard InChI is InChI=1S/C13H18BrNO.2C4H4O4/c1-9(15-13(2,3)4)12(16)10-6-5-7-11(14)8-10;2*5-3(6)1-2-4(7)8/h5-9,15H,1-4H3;2*1-2H,(H,5,6)(H,7,8)/b;2*2-1+. The average molecular weight is 516 g/mol. The van der Waals surface area contributed by atoms with Crippen molar-refractivity contribution in [1.29, 1.82) is 0 Å². The maximum atomic E-state index is 12.1. The third kappa shape index (κ3) is 20.0. The van der Waals surface area contributed by atoms with E-state index in [1.165, 1.54) is 0 Å². The molecule has 10 nitrogen and oxygen atoms in total. The number of hydrogen-bond donors (Lipinski definition) is 5. The minimum Gasteiger partial charge on any atom is -0.478 e. The molecule has 0 radical (unpaired) electrons. The number of hydrogen-bond acceptors (Lipinski definition) is 6. The Balaban J connectivity index is 0. The van der Waals surface area contributed by atoms with Gasteiger partial charge in [0.1, 0.15) is 0 Å². The quantitative estimate of drug-likeness (QED) is 0.267. The molecule has 32 heavy (non-hydrogen) atoms. The van der Waals surface area contributed by atoms with Crippen LogP contribution in [-0.4, -0.2) is 61.7 Å². The van der Waals surface area contributed by atoms with Crippen LogP contribution >= 0.6 is 15.9 Å². The third-order valence-corrected chi connectivity index (χ3v) is 3.38. The lowest BCUT2D eigenvalue weighted by Gasteiger charge is -2.25. The maximum absolute atomic E-state index is 12.1. The first kappa shape index (κ1) is 30.9. The van der Waals surface area contributed by atoms with E-state index < -0.39 is 23.9 Å². The van der Waals surface area contributed by atoms with Crippen molar-refractivity contribution in [1.82, 2.24) is 5.32 Å². The van der Waals surface area contributed by atoms with Gasteiger partial charge in [-0.15, -0.1) is 0 Å². The molecule has 1 atom stereocenters. The molecule has 0 aromatic heterocycles. The Bertz CT molecular complexity index is 804. The number of Topliss-reactive ketones (excluding diaryl/α,β-unsaturated/α-hetero) is 1. The van der Waals surface area contributed by atoms with Crippen LogP contribution < -0.4 is 5.32 Å². The van der Waals surface area contributed by atoms with Crippen molar-refractivity contribution in [2.75, 3.05) is 0 Å². The molecule has 0 aliphatic carbocycles. The topological polar surface area (TPSA) is 178 Å². The maximum Gasteiger partial charge on any atom is 0.328 e. The molecule has 176 valence electrons. The van der Waals surface area contributed by atoms with Crippen LogP contribution in [0.4, 0.5) is 0 Å². The highest BCUT2D eigenvalue weighted by molar-refractivity contribution is 9.10. The molecule has 1 unspecified atom stereocenters. The number of carbonyl (C=O) groups excluding carboxylic acids is 1. The number of carboxylic acid groups (broad SMARTS) is 4. The summed E-state index contributed by atoms with van der Waals surface area (Å²) < 4.78 is 0.932. The second-order valence-electron chi connectivity index (χ2n) is 7.01. The Morgan fingerprint density at radius 2 is 1.22 bits per heavy atom. The first-order chi connectivity index (χ1) is 14.5. The summed E-state index contributed by atoms with van der Waals surface area (Å²) in [5.74, 6) is -4.91. The van der Waals surface area contributed by atoms with Gasteiger partial charge in [0.15, 0.2) is 5.78 Å². The fourth-order valence-electron chi connectivity index (χ4n) is 1.89. The van der Waals surface area contributed by atoms with Crippen molar-refractivity contribution in [3.63, 3.8) is 0 Å². The van der Waals surface area contributed by atoms with Crippen molar-refractivity contribution < 1.29 is 44.4 Å². The molecule has 0 aliphatic rings. The van der Waals surface area contributed by atoms with E-state index in [9.17, 15) is 24.0 Å². The van der Waals surface area contributed by atoms with Crippen LogP contribution in [0.1, 0.15) is 38.1 Å². The van der Waals surface area contributed by atoms with E-state index >= 15 is 0 Å². The summed E-state index contributed by atoms with van der Waals surface area (Å²) in [6.07, 6.45) is 2.23. The zero-order chi connectivity index (χ0) is 25.5. The molecule has 0 amide bonds. The Morgan fingerprint density at radius 1 is 0.844 bits per heavy atom. The zero-order valence-corrected chi connectivity index (χ0v) is 19.5. The van der Waals surface area contributed by atoms with Gasteiger partial charge in [-0.05, 0) is 39.8 Å². The molecule has 0 aliphatic heterocycles. The average Bonchev–Trinajstić information content (AvgIpc) is 2.64. The molecule has 1 aromatic rings. The van der Waals surface area contributed by atoms with E-state index in [0.717, 1.165) is 10.0 Å². The molecule has 0 fully saturated rings. The monoisotopic (exact) mass is 515 g/mol. The van der Waals surface area contributed by atoms with Gasteiger partial charge in [-0.25, -0.2) is 19.2 Å². The first-order valence-corrected chi connectivity index (χ1v) is 9.69. The number of halogens is 1. The molecule has 1 rings (SSSR count). The summed E-state index contributed by atoms with van der Waals surface area (Å²) in [6, 6.07) is 7.31. The van der Waals surface area contributed by atoms with Crippen LogP contribution in [0.3, 0.4) is 0 Å². The highest BCUT2D eigenvalue weighted by atomic mass is 79.9. The molecule has 5 N–H and O–H groups in total. The van der Waals surface area contributed by atoms with E-state index in [0.29, 0.717) is 24.3 Å². The Morgan fingerprint density at radius 3 is 1.50 bits per heavy atom. The van der Waals surface area contributed by atoms with Crippen LogP contribution in [-0.2, 0) is 19.2 Å². The Hall–Kier alpha value is -3.31. The number of carbonyl (C=O) groups is 5. The first-order valence-electron chi connectivity index (χ1n) is 8.90. The van der Waals surface area contributed by atoms with Crippen molar-refractivity contribution in [3.05, 3.63) is 58.6 Å². The van der Waals surface area contributed by atoms with Crippen LogP contribution in [0, 0.1) is 0 Å². The summed E-state index contributed by atoms with van der Waals surface area (Å²) in [4.78, 5) is 50.3. The molecule has 0 bridgehead atoms. The van der Waals surface area contributed by atoms with Gasteiger partial charge in [-0.3, -0.25) is 4.79 Å². The second-order valence-corrected chi connectivity index (χ2v) is 7.93. The summed E-state index contributed by atoms with van der Waals surface area (Å²) in [5.41, 5.74) is 0.680. The minimum absolute atomic E-state index is 0.0545. The molecule has 11 heteroatoms. The van der Waals surface area contributed by atoms with Crippen LogP contribution in [0.2, 0.25) is 0 Å². The predicted octanol–water partition coefficient (Wildman–Crippen LogP) is 2.83. The number of aliphatic carboxylic acids is 4. The Labute approximate surface area is 193 Å². The van der Waals surface area contributed by atoms with E-state index in [4.69, 9.17) is 20.4 Å². The zero-order valence-electron chi connectivity index (χ0n) is 17.9. The van der Waals surface area contributed by atoms with Crippen LogP contribution in [0.15, 0.2) is 53.0 Å². The highest BCUT2D eigenvalue weighted by Gasteiger charge is 2.20. The van der Waals surface area contributed by atoms with Gasteiger partial charge < -0.3 is 25.7 Å². The van der Waals surface area contributed by atoms with Gasteiger partial charge in [0.2, 0.25) is 0 Å². The van der Waals surface area contributed by atoms with E-state index in [-0.39, 0.29) is 17.4 Å². The molecule has 0 heterocycles. The van der Waals surface area contributed by atoms with E-state index in [1.54, 1.807) is 0 Å². The largest absolute Gasteiger partial charge is 0.478 e. The Kier molecular flexibility index (Phi) is 14.9. The number of ketones is 1. The van der Waals surface area contributed by atoms with E-state index in [1.807, 2.05) is 31.2 Å². The summed E-state index contributed by atoms with van der Waals surface area (Å²) >= 11 is 3.37. The van der Waals surface area contributed by atoms with Gasteiger partial charge in [-0.2, -0.15) is 0 Å². The SMILES string of the molecule is CC(NC(C)(C)C)C(=O)c1cccc(Br)c1.O=C(O)/C=C/C(=O)O.O=C(O)/C=C/C(=O)O. The predicted molar refractivity (Wildman–Crippen MR) is 120 cm³/mol. The summed E-state index contributed by atoms with van der Waals surface area (Å²) in [7, 11) is 0. The molecule has 0 saturated carbocycles. The van der Waals surface area contributed by atoms with Crippen molar-refractivity contribution in [2.24, 2.45) is 0 Å². The summed E-state index contributed by atoms with van der Waals surface area (Å²) in [5, 5.41) is 34.5. The lowest BCUT2D eigenvalue weighted by atomic mass is 10.0. The normalized spacial score (nSPS) is 11.5. The number of rotatable bonds is 7. The van der Waals surface area contributed by atoms with Crippen LogP contribution in [0.25, 0.3) is 0 Å². The molecular formula is C21H26BrNO9. The molecular weight excluding hydrogens is 490 g/mol. The molecule has 0 spiro atoms. The van der Waals surface area contributed by atoms with Gasteiger partial charge in [-0.1, -0.05) is 28.1 Å². The van der Waals surface area contributed by atoms with Gasteiger partial charge in [0.05, 0.1) is 6.04 Å². The lowest BCUT2D eigenvalue weighted by molar-refractivity contribution is -0.134. The minimum atomic E-state index is -1.26. The fraction of sp³-hybridized carbons (Fsp3) is 0.286. The van der Waals surface area contributed by atoms with Crippen molar-refractivity contribution in [2.45, 2.75) is 39.3 Å². The number of benzene rings is 1. The number of nitrogens with one attached hydrogen (secondary N) is 1. The lowest BCUT2D eigenvalue weighted by Crippen LogP contribution is -2.46. The summed E-state index contributed by atoms with van der Waals surface area (Å²) in [6.45, 7) is 8.06. The highest BCUT2D eigenvalue weighted by Crippen LogP contribution is 2.14. The second kappa shape index (κ2) is 15.5. The number of carboxylic acids is 4. The van der Waals surface area contributed by atoms with Crippen molar-refractivity contribution in [3.8, 4) is 0 Å². The van der Waals surface area contributed by atoms with Gasteiger partial charge in [0.25, 0.3) is 0 Å². The molecule has 0 saturated heterocycles. The fourth-order valence-corrected chi connectivity index (χ4v) is 2.29. The third-order valence-electron chi connectivity index (χ3n) is 2.89. The van der Waals surface area contributed by atoms with E-state index in [2.05, 4.69) is 42.0 Å². The smallest absolute Gasteiger partial charge is 0.328 e. The molecule has 1 aromatic carbocycles. The van der Waals surface area contributed by atoms with Gasteiger partial charge in [0, 0.05) is 39.9 Å².